The summed E-state index contributed by atoms with van der Waals surface area (Å²) >= 11 is 3.75. The molecule has 1 spiro atoms. The highest BCUT2D eigenvalue weighted by Crippen LogP contribution is 2.44. The van der Waals surface area contributed by atoms with Gasteiger partial charge in [0.25, 0.3) is 0 Å². The van der Waals surface area contributed by atoms with Gasteiger partial charge in [0.05, 0.1) is 11.7 Å². The monoisotopic (exact) mass is 324 g/mol. The highest BCUT2D eigenvalue weighted by molar-refractivity contribution is 7.99. The van der Waals surface area contributed by atoms with Crippen molar-refractivity contribution < 1.29 is 9.84 Å². The predicted molar refractivity (Wildman–Crippen MR) is 91.1 cm³/mol. The van der Waals surface area contributed by atoms with Crippen molar-refractivity contribution in [2.75, 3.05) is 24.4 Å². The van der Waals surface area contributed by atoms with Crippen LogP contribution in [0.3, 0.4) is 0 Å². The molecule has 1 aromatic rings. The van der Waals surface area contributed by atoms with Crippen LogP contribution in [-0.2, 0) is 4.74 Å². The average Bonchev–Trinajstić information content (AvgIpc) is 2.55. The third kappa shape index (κ3) is 3.44. The summed E-state index contributed by atoms with van der Waals surface area (Å²) in [6, 6.07) is 8.27. The summed E-state index contributed by atoms with van der Waals surface area (Å²) in [5, 5.41) is 10.9. The first-order chi connectivity index (χ1) is 10.2. The second-order valence-electron chi connectivity index (χ2n) is 6.08. The number of thioether (sulfide) groups is 2. The lowest BCUT2D eigenvalue weighted by molar-refractivity contribution is -0.121. The van der Waals surface area contributed by atoms with Crippen molar-refractivity contribution in [1.82, 2.24) is 0 Å². The van der Waals surface area contributed by atoms with Gasteiger partial charge in [-0.25, -0.2) is 0 Å². The van der Waals surface area contributed by atoms with Gasteiger partial charge >= 0.3 is 0 Å². The van der Waals surface area contributed by atoms with Crippen molar-refractivity contribution in [1.29, 1.82) is 0 Å². The molecule has 0 aromatic heterocycles. The van der Waals surface area contributed by atoms with Gasteiger partial charge in [-0.3, -0.25) is 0 Å². The Kier molecular flexibility index (Phi) is 5.20. The fraction of sp³-hybridized carbons (Fsp3) is 0.647. The van der Waals surface area contributed by atoms with Crippen molar-refractivity contribution in [3.63, 3.8) is 0 Å². The Bertz CT molecular complexity index is 466. The quantitative estimate of drug-likeness (QED) is 0.847. The first kappa shape index (κ1) is 15.7. The summed E-state index contributed by atoms with van der Waals surface area (Å²) in [4.78, 5) is 1.20. The zero-order valence-corrected chi connectivity index (χ0v) is 14.2. The molecule has 0 aliphatic carbocycles. The van der Waals surface area contributed by atoms with Crippen molar-refractivity contribution >= 4 is 23.5 Å². The lowest BCUT2D eigenvalue weighted by Gasteiger charge is -2.44. The third-order valence-corrected chi connectivity index (χ3v) is 6.64. The number of rotatable bonds is 3. The Morgan fingerprint density at radius 3 is 2.86 bits per heavy atom. The van der Waals surface area contributed by atoms with Gasteiger partial charge in [0, 0.05) is 11.5 Å². The Hall–Kier alpha value is -0.160. The minimum atomic E-state index is -0.357. The van der Waals surface area contributed by atoms with Crippen LogP contribution in [0.15, 0.2) is 29.2 Å². The molecule has 0 amide bonds. The van der Waals surface area contributed by atoms with Gasteiger partial charge in [-0.15, -0.1) is 11.8 Å². The summed E-state index contributed by atoms with van der Waals surface area (Å²) in [5.41, 5.74) is 1.14. The van der Waals surface area contributed by atoms with Crippen LogP contribution in [0.1, 0.15) is 37.4 Å². The first-order valence-corrected chi connectivity index (χ1v) is 10.1. The van der Waals surface area contributed by atoms with E-state index >= 15 is 0 Å². The minimum absolute atomic E-state index is 0.0451. The minimum Gasteiger partial charge on any atom is -0.388 e. The van der Waals surface area contributed by atoms with Gasteiger partial charge in [-0.1, -0.05) is 18.2 Å². The van der Waals surface area contributed by atoms with E-state index in [0.29, 0.717) is 5.92 Å². The molecule has 2 aliphatic rings. The molecule has 4 heteroatoms. The molecular weight excluding hydrogens is 300 g/mol. The molecule has 3 rings (SSSR count). The van der Waals surface area contributed by atoms with Gasteiger partial charge < -0.3 is 9.84 Å². The number of benzene rings is 1. The van der Waals surface area contributed by atoms with E-state index in [1.807, 2.05) is 23.9 Å². The zero-order chi connectivity index (χ0) is 14.7. The van der Waals surface area contributed by atoms with Crippen molar-refractivity contribution in [2.45, 2.75) is 42.3 Å². The van der Waals surface area contributed by atoms with Crippen LogP contribution < -0.4 is 0 Å². The van der Waals surface area contributed by atoms with Crippen LogP contribution in [0, 0.1) is 5.92 Å². The van der Waals surface area contributed by atoms with E-state index in [9.17, 15) is 5.11 Å². The molecule has 116 valence electrons. The second kappa shape index (κ2) is 6.95. The van der Waals surface area contributed by atoms with Crippen LogP contribution in [0.25, 0.3) is 0 Å². The summed E-state index contributed by atoms with van der Waals surface area (Å²) in [6.07, 6.45) is 5.99. The molecule has 2 unspecified atom stereocenters. The molecule has 0 bridgehead atoms. The van der Waals surface area contributed by atoms with E-state index < -0.39 is 0 Å². The molecular formula is C17H24O2S2. The highest BCUT2D eigenvalue weighted by atomic mass is 32.2. The second-order valence-corrected chi connectivity index (χ2v) is 8.16. The SMILES string of the molecule is CSc1ccccc1C(O)C1CCOC2(CCSCC2)C1. The standard InChI is InChI=1S/C17H24O2S2/c1-20-15-5-3-2-4-14(15)16(18)13-6-9-19-17(12-13)7-10-21-11-8-17/h2-5,13,16,18H,6-12H2,1H3. The van der Waals surface area contributed by atoms with E-state index in [-0.39, 0.29) is 11.7 Å². The zero-order valence-electron chi connectivity index (χ0n) is 12.6. The van der Waals surface area contributed by atoms with Gasteiger partial charge in [-0.05, 0) is 61.0 Å². The van der Waals surface area contributed by atoms with Crippen LogP contribution >= 0.6 is 23.5 Å². The van der Waals surface area contributed by atoms with Crippen LogP contribution in [0.2, 0.25) is 0 Å². The lowest BCUT2D eigenvalue weighted by Crippen LogP contribution is -2.44. The third-order valence-electron chi connectivity index (χ3n) is 4.84. The maximum Gasteiger partial charge on any atom is 0.0830 e. The molecule has 2 atom stereocenters. The van der Waals surface area contributed by atoms with Crippen LogP contribution in [0.4, 0.5) is 0 Å². The number of aliphatic hydroxyl groups is 1. The molecule has 1 aromatic carbocycles. The molecule has 2 aliphatic heterocycles. The fourth-order valence-corrected chi connectivity index (χ4v) is 5.47. The lowest BCUT2D eigenvalue weighted by atomic mass is 9.78. The fourth-order valence-electron chi connectivity index (χ4n) is 3.59. The molecule has 0 saturated carbocycles. The summed E-state index contributed by atoms with van der Waals surface area (Å²) < 4.78 is 6.15. The maximum atomic E-state index is 10.9. The van der Waals surface area contributed by atoms with Gasteiger partial charge in [0.15, 0.2) is 0 Å². The molecule has 1 N–H and O–H groups in total. The maximum absolute atomic E-state index is 10.9. The Morgan fingerprint density at radius 1 is 1.33 bits per heavy atom. The number of hydrogen-bond acceptors (Lipinski definition) is 4. The average molecular weight is 325 g/mol. The molecule has 21 heavy (non-hydrogen) atoms. The van der Waals surface area contributed by atoms with Crippen molar-refractivity contribution in [2.24, 2.45) is 5.92 Å². The van der Waals surface area contributed by atoms with E-state index in [2.05, 4.69) is 18.4 Å². The Morgan fingerprint density at radius 2 is 2.10 bits per heavy atom. The number of ether oxygens (including phenoxy) is 1. The van der Waals surface area contributed by atoms with E-state index in [4.69, 9.17) is 4.74 Å². The van der Waals surface area contributed by atoms with Gasteiger partial charge in [0.1, 0.15) is 0 Å². The number of aliphatic hydroxyl groups excluding tert-OH is 1. The molecule has 2 nitrogen and oxygen atoms in total. The molecule has 2 saturated heterocycles. The molecule has 2 fully saturated rings. The van der Waals surface area contributed by atoms with Crippen LogP contribution in [0.5, 0.6) is 0 Å². The molecule has 0 radical (unpaired) electrons. The van der Waals surface area contributed by atoms with Crippen molar-refractivity contribution in [3.8, 4) is 0 Å². The van der Waals surface area contributed by atoms with E-state index in [1.165, 1.54) is 16.4 Å². The first-order valence-electron chi connectivity index (χ1n) is 7.77. The van der Waals surface area contributed by atoms with E-state index in [0.717, 1.165) is 37.9 Å². The van der Waals surface area contributed by atoms with Crippen LogP contribution in [-0.4, -0.2) is 35.1 Å². The smallest absolute Gasteiger partial charge is 0.0830 e. The van der Waals surface area contributed by atoms with Gasteiger partial charge in [-0.2, -0.15) is 11.8 Å². The van der Waals surface area contributed by atoms with E-state index in [1.54, 1.807) is 11.8 Å². The topological polar surface area (TPSA) is 29.5 Å². The Labute approximate surface area is 136 Å². The van der Waals surface area contributed by atoms with Crippen molar-refractivity contribution in [3.05, 3.63) is 29.8 Å². The summed E-state index contributed by atoms with van der Waals surface area (Å²) in [7, 11) is 0. The highest BCUT2D eigenvalue weighted by Gasteiger charge is 2.41. The summed E-state index contributed by atoms with van der Waals surface area (Å²) in [6.45, 7) is 0.799. The number of hydrogen-bond donors (Lipinski definition) is 1. The Balaban J connectivity index is 1.76. The largest absolute Gasteiger partial charge is 0.388 e. The predicted octanol–water partition coefficient (Wildman–Crippen LogP) is 4.13. The normalized spacial score (nSPS) is 26.7. The summed E-state index contributed by atoms with van der Waals surface area (Å²) in [5.74, 6) is 2.73. The van der Waals surface area contributed by atoms with Gasteiger partial charge in [0.2, 0.25) is 0 Å². The molecule has 2 heterocycles.